The van der Waals surface area contributed by atoms with E-state index in [0.717, 1.165) is 18.5 Å². The normalized spacial score (nSPS) is 20.3. The van der Waals surface area contributed by atoms with Crippen LogP contribution >= 0.6 is 23.2 Å². The molecule has 2 aromatic rings. The van der Waals surface area contributed by atoms with Gasteiger partial charge in [0.25, 0.3) is 5.91 Å². The molecule has 1 amide bonds. The summed E-state index contributed by atoms with van der Waals surface area (Å²) in [5, 5.41) is 4.03. The van der Waals surface area contributed by atoms with Gasteiger partial charge in [0.15, 0.2) is 0 Å². The number of hydrogen-bond donors (Lipinski definition) is 1. The first-order valence-corrected chi connectivity index (χ1v) is 8.91. The van der Waals surface area contributed by atoms with Crippen molar-refractivity contribution < 1.29 is 9.18 Å². The quantitative estimate of drug-likeness (QED) is 0.858. The number of carbonyl (C=O) groups excluding carboxylic acids is 1. The van der Waals surface area contributed by atoms with Crippen LogP contribution < -0.4 is 5.32 Å². The lowest BCUT2D eigenvalue weighted by Gasteiger charge is -2.38. The summed E-state index contributed by atoms with van der Waals surface area (Å²) < 4.78 is 13.9. The van der Waals surface area contributed by atoms with Crippen LogP contribution in [0.3, 0.4) is 0 Å². The van der Waals surface area contributed by atoms with E-state index >= 15 is 0 Å². The summed E-state index contributed by atoms with van der Waals surface area (Å²) in [5.74, 6) is -0.500. The average molecular weight is 381 g/mol. The highest BCUT2D eigenvalue weighted by molar-refractivity contribution is 6.31. The summed E-state index contributed by atoms with van der Waals surface area (Å²) in [6.07, 6.45) is 0.796. The summed E-state index contributed by atoms with van der Waals surface area (Å²) in [6.45, 7) is 1.50. The maximum absolute atomic E-state index is 13.9. The molecule has 2 atom stereocenters. The van der Waals surface area contributed by atoms with Crippen molar-refractivity contribution in [2.24, 2.45) is 0 Å². The maximum Gasteiger partial charge on any atom is 0.253 e. The molecule has 0 aliphatic carbocycles. The fourth-order valence-corrected chi connectivity index (χ4v) is 3.58. The summed E-state index contributed by atoms with van der Waals surface area (Å²) in [7, 11) is 1.80. The third kappa shape index (κ3) is 3.97. The monoisotopic (exact) mass is 380 g/mol. The molecule has 1 aliphatic rings. The Kier molecular flexibility index (Phi) is 5.62. The number of benzene rings is 2. The Morgan fingerprint density at radius 1 is 1.20 bits per heavy atom. The second-order valence-corrected chi connectivity index (χ2v) is 7.11. The van der Waals surface area contributed by atoms with E-state index in [2.05, 4.69) is 5.32 Å². The van der Waals surface area contributed by atoms with E-state index in [1.807, 2.05) is 6.07 Å². The van der Waals surface area contributed by atoms with Gasteiger partial charge in [0, 0.05) is 36.1 Å². The summed E-state index contributed by atoms with van der Waals surface area (Å²) in [5.41, 5.74) is 1.43. The molecule has 6 heteroatoms. The van der Waals surface area contributed by atoms with Gasteiger partial charge < -0.3 is 10.2 Å². The summed E-state index contributed by atoms with van der Waals surface area (Å²) in [4.78, 5) is 14.6. The topological polar surface area (TPSA) is 32.3 Å². The second kappa shape index (κ2) is 7.73. The molecule has 2 aromatic carbocycles. The van der Waals surface area contributed by atoms with Crippen LogP contribution in [0.25, 0.3) is 0 Å². The van der Waals surface area contributed by atoms with Crippen LogP contribution in [0.1, 0.15) is 28.3 Å². The number of amides is 1. The molecule has 1 aliphatic heterocycles. The Hall–Kier alpha value is -1.62. The standard InChI is InChI=1S/C19H19Cl2FN2O/c1-24(19(25)12-2-5-14(20)6-3-12)18-8-9-23-11-15(18)13-4-7-16(21)17(22)10-13/h2-7,10,15,18,23H,8-9,11H2,1H3. The molecule has 25 heavy (non-hydrogen) atoms. The van der Waals surface area contributed by atoms with Crippen molar-refractivity contribution in [2.75, 3.05) is 20.1 Å². The lowest BCUT2D eigenvalue weighted by atomic mass is 9.85. The van der Waals surface area contributed by atoms with Gasteiger partial charge in [-0.2, -0.15) is 0 Å². The number of nitrogens with one attached hydrogen (secondary N) is 1. The number of hydrogen-bond acceptors (Lipinski definition) is 2. The fraction of sp³-hybridized carbons (Fsp3) is 0.316. The van der Waals surface area contributed by atoms with E-state index < -0.39 is 5.82 Å². The Balaban J connectivity index is 1.85. The Morgan fingerprint density at radius 3 is 2.60 bits per heavy atom. The zero-order valence-corrected chi connectivity index (χ0v) is 15.3. The van der Waals surface area contributed by atoms with Crippen LogP contribution in [0.2, 0.25) is 10.0 Å². The van der Waals surface area contributed by atoms with Crippen LogP contribution in [0.5, 0.6) is 0 Å². The minimum absolute atomic E-state index is 0.00164. The van der Waals surface area contributed by atoms with Crippen molar-refractivity contribution >= 4 is 29.1 Å². The number of nitrogens with zero attached hydrogens (tertiary/aromatic N) is 1. The molecule has 132 valence electrons. The van der Waals surface area contributed by atoms with Crippen LogP contribution in [-0.2, 0) is 0 Å². The van der Waals surface area contributed by atoms with Crippen LogP contribution in [0.4, 0.5) is 4.39 Å². The minimum atomic E-state index is -0.435. The molecule has 0 saturated carbocycles. The molecule has 1 saturated heterocycles. The van der Waals surface area contributed by atoms with Crippen molar-refractivity contribution in [3.8, 4) is 0 Å². The Morgan fingerprint density at radius 2 is 1.92 bits per heavy atom. The zero-order valence-electron chi connectivity index (χ0n) is 13.8. The molecule has 0 aromatic heterocycles. The first-order valence-electron chi connectivity index (χ1n) is 8.16. The number of likely N-dealkylation sites (N-methyl/N-ethyl adjacent to an activating group) is 1. The molecule has 0 bridgehead atoms. The average Bonchev–Trinajstić information content (AvgIpc) is 2.63. The van der Waals surface area contributed by atoms with E-state index in [1.54, 1.807) is 42.3 Å². The smallest absolute Gasteiger partial charge is 0.253 e. The molecule has 1 fully saturated rings. The van der Waals surface area contributed by atoms with Crippen molar-refractivity contribution in [1.29, 1.82) is 0 Å². The van der Waals surface area contributed by atoms with Gasteiger partial charge >= 0.3 is 0 Å². The molecule has 3 rings (SSSR count). The van der Waals surface area contributed by atoms with E-state index in [1.165, 1.54) is 6.07 Å². The number of piperidine rings is 1. The molecular formula is C19H19Cl2FN2O. The highest BCUT2D eigenvalue weighted by atomic mass is 35.5. The lowest BCUT2D eigenvalue weighted by Crippen LogP contribution is -2.49. The van der Waals surface area contributed by atoms with E-state index in [9.17, 15) is 9.18 Å². The number of rotatable bonds is 3. The molecule has 1 N–H and O–H groups in total. The maximum atomic E-state index is 13.9. The fourth-order valence-electron chi connectivity index (χ4n) is 3.34. The van der Waals surface area contributed by atoms with Gasteiger partial charge in [-0.05, 0) is 54.9 Å². The molecular weight excluding hydrogens is 362 g/mol. The van der Waals surface area contributed by atoms with Gasteiger partial charge in [-0.3, -0.25) is 4.79 Å². The lowest BCUT2D eigenvalue weighted by molar-refractivity contribution is 0.0679. The highest BCUT2D eigenvalue weighted by Crippen LogP contribution is 2.30. The van der Waals surface area contributed by atoms with Crippen LogP contribution in [0, 0.1) is 5.82 Å². The van der Waals surface area contributed by atoms with E-state index in [4.69, 9.17) is 23.2 Å². The van der Waals surface area contributed by atoms with Gasteiger partial charge in [-0.25, -0.2) is 4.39 Å². The van der Waals surface area contributed by atoms with E-state index in [-0.39, 0.29) is 22.9 Å². The number of halogens is 3. The van der Waals surface area contributed by atoms with Gasteiger partial charge in [0.05, 0.1) is 5.02 Å². The van der Waals surface area contributed by atoms with Gasteiger partial charge in [0.1, 0.15) is 5.82 Å². The first-order chi connectivity index (χ1) is 12.0. The second-order valence-electron chi connectivity index (χ2n) is 6.26. The van der Waals surface area contributed by atoms with Crippen molar-refractivity contribution in [1.82, 2.24) is 10.2 Å². The van der Waals surface area contributed by atoms with Crippen LogP contribution in [-0.4, -0.2) is 37.0 Å². The molecule has 1 heterocycles. The van der Waals surface area contributed by atoms with Crippen LogP contribution in [0.15, 0.2) is 42.5 Å². The molecule has 0 radical (unpaired) electrons. The highest BCUT2D eigenvalue weighted by Gasteiger charge is 2.32. The van der Waals surface area contributed by atoms with Gasteiger partial charge in [-0.15, -0.1) is 0 Å². The molecule has 3 nitrogen and oxygen atoms in total. The SMILES string of the molecule is CN(C(=O)c1ccc(Cl)cc1)C1CCNCC1c1ccc(Cl)c(F)c1. The van der Waals surface area contributed by atoms with Gasteiger partial charge in [-0.1, -0.05) is 29.3 Å². The summed E-state index contributed by atoms with van der Waals surface area (Å²) in [6, 6.07) is 11.7. The predicted molar refractivity (Wildman–Crippen MR) is 99.0 cm³/mol. The minimum Gasteiger partial charge on any atom is -0.338 e. The van der Waals surface area contributed by atoms with Gasteiger partial charge in [0.2, 0.25) is 0 Å². The van der Waals surface area contributed by atoms with Crippen molar-refractivity contribution in [3.63, 3.8) is 0 Å². The summed E-state index contributed by atoms with van der Waals surface area (Å²) >= 11 is 11.7. The number of carbonyl (C=O) groups is 1. The van der Waals surface area contributed by atoms with Crippen molar-refractivity contribution in [2.45, 2.75) is 18.4 Å². The molecule has 0 spiro atoms. The molecule has 2 unspecified atom stereocenters. The largest absolute Gasteiger partial charge is 0.338 e. The first kappa shape index (κ1) is 18.2. The van der Waals surface area contributed by atoms with Crippen molar-refractivity contribution in [3.05, 3.63) is 69.5 Å². The Bertz CT molecular complexity index is 767. The van der Waals surface area contributed by atoms with E-state index in [0.29, 0.717) is 17.1 Å². The zero-order chi connectivity index (χ0) is 18.0. The third-order valence-electron chi connectivity index (χ3n) is 4.73. The predicted octanol–water partition coefficient (Wildman–Crippen LogP) is 4.35. The third-order valence-corrected chi connectivity index (χ3v) is 5.28. The Labute approximate surface area is 156 Å².